The molecule has 0 unspecified atom stereocenters. The molecule has 0 spiro atoms. The van der Waals surface area contributed by atoms with E-state index in [4.69, 9.17) is 4.74 Å². The summed E-state index contributed by atoms with van der Waals surface area (Å²) in [5, 5.41) is 1.05. The fraction of sp³-hybridized carbons (Fsp3) is 0.0667. The van der Waals surface area contributed by atoms with Crippen molar-refractivity contribution >= 4 is 26.8 Å². The number of hydrogen-bond donors (Lipinski definition) is 0. The number of fused-ring (bicyclic) bond motifs is 1. The Kier molecular flexibility index (Phi) is 3.17. The fourth-order valence-corrected chi connectivity index (χ4v) is 2.01. The highest BCUT2D eigenvalue weighted by Crippen LogP contribution is 2.25. The average Bonchev–Trinajstić information content (AvgIpc) is 2.43. The van der Waals surface area contributed by atoms with Crippen LogP contribution in [0.25, 0.3) is 10.9 Å². The molecule has 2 heterocycles. The summed E-state index contributed by atoms with van der Waals surface area (Å²) in [4.78, 5) is 8.57. The van der Waals surface area contributed by atoms with Crippen molar-refractivity contribution in [1.29, 1.82) is 0 Å². The van der Waals surface area contributed by atoms with Crippen LogP contribution in [0.3, 0.4) is 0 Å². The molecule has 3 aromatic rings. The van der Waals surface area contributed by atoms with Crippen molar-refractivity contribution < 1.29 is 4.74 Å². The molecule has 0 saturated heterocycles. The van der Waals surface area contributed by atoms with E-state index in [1.165, 1.54) is 0 Å². The van der Waals surface area contributed by atoms with E-state index in [2.05, 4.69) is 25.9 Å². The van der Waals surface area contributed by atoms with Crippen LogP contribution in [-0.4, -0.2) is 9.97 Å². The summed E-state index contributed by atoms with van der Waals surface area (Å²) in [6.45, 7) is 2.00. The van der Waals surface area contributed by atoms with Crippen molar-refractivity contribution in [3.05, 3.63) is 58.8 Å². The third-order valence-corrected chi connectivity index (χ3v) is 3.64. The van der Waals surface area contributed by atoms with Gasteiger partial charge in [0.2, 0.25) is 5.88 Å². The van der Waals surface area contributed by atoms with Crippen LogP contribution >= 0.6 is 15.9 Å². The molecule has 3 nitrogen and oxygen atoms in total. The van der Waals surface area contributed by atoms with Gasteiger partial charge in [0.1, 0.15) is 5.75 Å². The van der Waals surface area contributed by atoms with Gasteiger partial charge in [0, 0.05) is 22.1 Å². The highest BCUT2D eigenvalue weighted by atomic mass is 79.9. The number of benzene rings is 1. The molecule has 0 aliphatic carbocycles. The van der Waals surface area contributed by atoms with Gasteiger partial charge in [-0.1, -0.05) is 18.2 Å². The number of para-hydroxylation sites is 1. The van der Waals surface area contributed by atoms with E-state index < -0.39 is 0 Å². The fourth-order valence-electron chi connectivity index (χ4n) is 1.80. The highest BCUT2D eigenvalue weighted by molar-refractivity contribution is 9.10. The Morgan fingerprint density at radius 3 is 2.74 bits per heavy atom. The Labute approximate surface area is 119 Å². The zero-order valence-corrected chi connectivity index (χ0v) is 11.9. The topological polar surface area (TPSA) is 35.0 Å². The second kappa shape index (κ2) is 4.97. The number of nitrogens with zero attached hydrogens (tertiary/aromatic N) is 2. The predicted molar refractivity (Wildman–Crippen MR) is 78.5 cm³/mol. The van der Waals surface area contributed by atoms with E-state index in [1.807, 2.05) is 43.3 Å². The molecule has 0 aliphatic rings. The first-order valence-corrected chi connectivity index (χ1v) is 6.66. The zero-order valence-electron chi connectivity index (χ0n) is 10.3. The normalized spacial score (nSPS) is 10.6. The van der Waals surface area contributed by atoms with Crippen LogP contribution in [0.15, 0.2) is 53.3 Å². The molecular formula is C15H11BrN2O. The van der Waals surface area contributed by atoms with Crippen LogP contribution in [-0.2, 0) is 0 Å². The van der Waals surface area contributed by atoms with Crippen LogP contribution in [0.1, 0.15) is 5.56 Å². The minimum Gasteiger partial charge on any atom is -0.437 e. The zero-order chi connectivity index (χ0) is 13.2. The summed E-state index contributed by atoms with van der Waals surface area (Å²) in [6.07, 6.45) is 3.44. The summed E-state index contributed by atoms with van der Waals surface area (Å²) in [7, 11) is 0. The van der Waals surface area contributed by atoms with Gasteiger partial charge >= 0.3 is 0 Å². The average molecular weight is 315 g/mol. The van der Waals surface area contributed by atoms with Crippen molar-refractivity contribution in [3.8, 4) is 11.6 Å². The lowest BCUT2D eigenvalue weighted by Crippen LogP contribution is -1.90. The molecule has 0 fully saturated rings. The van der Waals surface area contributed by atoms with E-state index in [9.17, 15) is 0 Å². The molecule has 0 bridgehead atoms. The maximum atomic E-state index is 5.73. The molecule has 1 aromatic carbocycles. The second-order valence-electron chi connectivity index (χ2n) is 4.24. The van der Waals surface area contributed by atoms with Crippen molar-refractivity contribution in [2.75, 3.05) is 0 Å². The Morgan fingerprint density at radius 2 is 1.89 bits per heavy atom. The molecule has 0 aliphatic heterocycles. The number of aromatic nitrogens is 2. The van der Waals surface area contributed by atoms with Gasteiger partial charge in [-0.05, 0) is 40.5 Å². The van der Waals surface area contributed by atoms with Gasteiger partial charge < -0.3 is 4.74 Å². The maximum absolute atomic E-state index is 5.73. The predicted octanol–water partition coefficient (Wildman–Crippen LogP) is 4.49. The van der Waals surface area contributed by atoms with Crippen LogP contribution < -0.4 is 4.74 Å². The molecular weight excluding hydrogens is 304 g/mol. The number of pyridine rings is 2. The molecule has 0 radical (unpaired) electrons. The first-order valence-electron chi connectivity index (χ1n) is 5.87. The largest absolute Gasteiger partial charge is 0.437 e. The Balaban J connectivity index is 1.94. The second-order valence-corrected chi connectivity index (χ2v) is 5.09. The van der Waals surface area contributed by atoms with Crippen molar-refractivity contribution in [3.63, 3.8) is 0 Å². The quantitative estimate of drug-likeness (QED) is 0.699. The number of ether oxygens (including phenoxy) is 1. The van der Waals surface area contributed by atoms with Gasteiger partial charge in [-0.2, -0.15) is 0 Å². The lowest BCUT2D eigenvalue weighted by atomic mass is 10.2. The van der Waals surface area contributed by atoms with Crippen LogP contribution in [0.2, 0.25) is 0 Å². The van der Waals surface area contributed by atoms with Gasteiger partial charge in [0.05, 0.1) is 11.7 Å². The Bertz CT molecular complexity index is 743. The Morgan fingerprint density at radius 1 is 1.05 bits per heavy atom. The molecule has 4 heteroatoms. The van der Waals surface area contributed by atoms with Gasteiger partial charge in [-0.15, -0.1) is 0 Å². The van der Waals surface area contributed by atoms with Crippen LogP contribution in [0.5, 0.6) is 11.6 Å². The number of hydrogen-bond acceptors (Lipinski definition) is 3. The molecule has 0 atom stereocenters. The van der Waals surface area contributed by atoms with E-state index >= 15 is 0 Å². The standard InChI is InChI=1S/C15H11BrN2O/c1-10-6-15(18-9-13(10)16)19-12-7-11-4-2-3-5-14(11)17-8-12/h2-9H,1H3. The summed E-state index contributed by atoms with van der Waals surface area (Å²) >= 11 is 3.42. The smallest absolute Gasteiger partial charge is 0.219 e. The summed E-state index contributed by atoms with van der Waals surface area (Å²) < 4.78 is 6.70. The van der Waals surface area contributed by atoms with E-state index in [1.54, 1.807) is 12.4 Å². The monoisotopic (exact) mass is 314 g/mol. The summed E-state index contributed by atoms with van der Waals surface area (Å²) in [6, 6.07) is 11.8. The number of aryl methyl sites for hydroxylation is 1. The third kappa shape index (κ3) is 2.58. The maximum Gasteiger partial charge on any atom is 0.219 e. The number of rotatable bonds is 2. The number of halogens is 1. The van der Waals surface area contributed by atoms with Gasteiger partial charge in [-0.25, -0.2) is 4.98 Å². The molecule has 0 amide bonds. The van der Waals surface area contributed by atoms with E-state index in [0.29, 0.717) is 11.6 Å². The van der Waals surface area contributed by atoms with Crippen LogP contribution in [0, 0.1) is 6.92 Å². The molecule has 94 valence electrons. The Hall–Kier alpha value is -1.94. The lowest BCUT2D eigenvalue weighted by molar-refractivity contribution is 0.461. The van der Waals surface area contributed by atoms with Gasteiger partial charge in [-0.3, -0.25) is 4.98 Å². The van der Waals surface area contributed by atoms with E-state index in [-0.39, 0.29) is 0 Å². The summed E-state index contributed by atoms with van der Waals surface area (Å²) in [5.41, 5.74) is 2.04. The SMILES string of the molecule is Cc1cc(Oc2cnc3ccccc3c2)ncc1Br. The molecule has 19 heavy (non-hydrogen) atoms. The molecule has 2 aromatic heterocycles. The highest BCUT2D eigenvalue weighted by Gasteiger charge is 2.03. The molecule has 0 saturated carbocycles. The lowest BCUT2D eigenvalue weighted by Gasteiger charge is -2.06. The van der Waals surface area contributed by atoms with Crippen molar-refractivity contribution in [2.24, 2.45) is 0 Å². The summed E-state index contributed by atoms with van der Waals surface area (Å²) in [5.74, 6) is 1.26. The van der Waals surface area contributed by atoms with Crippen molar-refractivity contribution in [2.45, 2.75) is 6.92 Å². The van der Waals surface area contributed by atoms with E-state index in [0.717, 1.165) is 20.9 Å². The van der Waals surface area contributed by atoms with Gasteiger partial charge in [0.15, 0.2) is 0 Å². The first-order chi connectivity index (χ1) is 9.22. The minimum absolute atomic E-state index is 0.567. The van der Waals surface area contributed by atoms with Gasteiger partial charge in [0.25, 0.3) is 0 Å². The minimum atomic E-state index is 0.567. The van der Waals surface area contributed by atoms with Crippen LogP contribution in [0.4, 0.5) is 0 Å². The molecule has 3 rings (SSSR count). The first kappa shape index (κ1) is 12.1. The van der Waals surface area contributed by atoms with Crippen molar-refractivity contribution in [1.82, 2.24) is 9.97 Å². The third-order valence-electron chi connectivity index (χ3n) is 2.81. The molecule has 0 N–H and O–H groups in total.